The van der Waals surface area contributed by atoms with Gasteiger partial charge >= 0.3 is 0 Å². The van der Waals surface area contributed by atoms with Gasteiger partial charge in [-0.1, -0.05) is 34.1 Å². The maximum Gasteiger partial charge on any atom is 0.271 e. The van der Waals surface area contributed by atoms with Gasteiger partial charge in [0.15, 0.2) is 0 Å². The van der Waals surface area contributed by atoms with Crippen LogP contribution in [0.15, 0.2) is 46.9 Å². The van der Waals surface area contributed by atoms with Gasteiger partial charge in [0.05, 0.1) is 4.92 Å². The third-order valence-electron chi connectivity index (χ3n) is 2.84. The van der Waals surface area contributed by atoms with E-state index in [1.54, 1.807) is 18.2 Å². The number of non-ortho nitro benzene ring substituents is 1. The molecule has 1 amide bonds. The van der Waals surface area contributed by atoms with Crippen molar-refractivity contribution in [2.24, 2.45) is 5.73 Å². The highest BCUT2D eigenvalue weighted by Gasteiger charge is 2.14. The summed E-state index contributed by atoms with van der Waals surface area (Å²) in [6.45, 7) is 0.287. The standard InChI is InChI=1S/C14H12BrN3O3/c15-11-5-10(6-12(7-11)18(20)21)14(19)17-13-4-2-1-3-9(13)8-16/h1-7H,8,16H2,(H,17,19). The molecule has 21 heavy (non-hydrogen) atoms. The molecule has 0 radical (unpaired) electrons. The van der Waals surface area contributed by atoms with Crippen LogP contribution in [0.5, 0.6) is 0 Å². The number of hydrogen-bond acceptors (Lipinski definition) is 4. The number of nitrogens with zero attached hydrogens (tertiary/aromatic N) is 1. The first-order valence-electron chi connectivity index (χ1n) is 6.05. The first-order valence-corrected chi connectivity index (χ1v) is 6.85. The smallest absolute Gasteiger partial charge is 0.271 e. The number of benzene rings is 2. The van der Waals surface area contributed by atoms with Gasteiger partial charge in [-0.25, -0.2) is 0 Å². The minimum Gasteiger partial charge on any atom is -0.326 e. The summed E-state index contributed by atoms with van der Waals surface area (Å²) in [6, 6.07) is 11.2. The van der Waals surface area contributed by atoms with Crippen LogP contribution in [0.4, 0.5) is 11.4 Å². The highest BCUT2D eigenvalue weighted by atomic mass is 79.9. The Labute approximate surface area is 129 Å². The Morgan fingerprint density at radius 2 is 2.00 bits per heavy atom. The third kappa shape index (κ3) is 3.65. The Morgan fingerprint density at radius 3 is 2.67 bits per heavy atom. The first-order chi connectivity index (χ1) is 10.0. The van der Waals surface area contributed by atoms with E-state index in [-0.39, 0.29) is 17.8 Å². The fourth-order valence-corrected chi connectivity index (χ4v) is 2.31. The maximum absolute atomic E-state index is 12.2. The van der Waals surface area contributed by atoms with Gasteiger partial charge in [0.25, 0.3) is 11.6 Å². The van der Waals surface area contributed by atoms with Crippen LogP contribution in [0.2, 0.25) is 0 Å². The lowest BCUT2D eigenvalue weighted by Crippen LogP contribution is -2.14. The fraction of sp³-hybridized carbons (Fsp3) is 0.0714. The van der Waals surface area contributed by atoms with Crippen molar-refractivity contribution in [3.8, 4) is 0 Å². The number of nitrogens with one attached hydrogen (secondary N) is 1. The van der Waals surface area contributed by atoms with E-state index in [0.29, 0.717) is 10.2 Å². The number of nitro benzene ring substituents is 1. The summed E-state index contributed by atoms with van der Waals surface area (Å²) < 4.78 is 0.467. The predicted octanol–water partition coefficient (Wildman–Crippen LogP) is 3.07. The van der Waals surface area contributed by atoms with Crippen LogP contribution < -0.4 is 11.1 Å². The van der Waals surface area contributed by atoms with Crippen LogP contribution in [0.1, 0.15) is 15.9 Å². The van der Waals surface area contributed by atoms with E-state index in [1.165, 1.54) is 18.2 Å². The Bertz CT molecular complexity index is 704. The molecule has 2 aromatic rings. The summed E-state index contributed by atoms with van der Waals surface area (Å²) in [5.74, 6) is -0.430. The zero-order valence-electron chi connectivity index (χ0n) is 10.9. The summed E-state index contributed by atoms with van der Waals surface area (Å²) in [5.41, 5.74) is 7.03. The molecule has 0 aromatic heterocycles. The van der Waals surface area contributed by atoms with E-state index in [1.807, 2.05) is 6.07 Å². The zero-order chi connectivity index (χ0) is 15.4. The second kappa shape index (κ2) is 6.47. The predicted molar refractivity (Wildman–Crippen MR) is 83.1 cm³/mol. The quantitative estimate of drug-likeness (QED) is 0.654. The van der Waals surface area contributed by atoms with Crippen LogP contribution in [0.3, 0.4) is 0 Å². The molecule has 0 bridgehead atoms. The average molecular weight is 350 g/mol. The molecular formula is C14H12BrN3O3. The molecule has 0 fully saturated rings. The SMILES string of the molecule is NCc1ccccc1NC(=O)c1cc(Br)cc([N+](=O)[O-])c1. The fourth-order valence-electron chi connectivity index (χ4n) is 1.83. The van der Waals surface area contributed by atoms with E-state index in [4.69, 9.17) is 5.73 Å². The maximum atomic E-state index is 12.2. The van der Waals surface area contributed by atoms with Crippen molar-refractivity contribution in [1.29, 1.82) is 0 Å². The van der Waals surface area contributed by atoms with Gasteiger partial charge in [-0.15, -0.1) is 0 Å². The summed E-state index contributed by atoms with van der Waals surface area (Å²) in [7, 11) is 0. The Balaban J connectivity index is 2.30. The molecule has 2 aromatic carbocycles. The molecule has 3 N–H and O–H groups in total. The minimum absolute atomic E-state index is 0.151. The lowest BCUT2D eigenvalue weighted by molar-refractivity contribution is -0.384. The van der Waals surface area contributed by atoms with E-state index < -0.39 is 10.8 Å². The van der Waals surface area contributed by atoms with Crippen molar-refractivity contribution in [3.05, 3.63) is 68.2 Å². The van der Waals surface area contributed by atoms with Gasteiger partial charge in [-0.2, -0.15) is 0 Å². The van der Waals surface area contributed by atoms with Crippen molar-refractivity contribution >= 4 is 33.2 Å². The molecule has 0 aliphatic heterocycles. The molecule has 0 unspecified atom stereocenters. The van der Waals surface area contributed by atoms with Crippen molar-refractivity contribution in [2.45, 2.75) is 6.54 Å². The second-order valence-electron chi connectivity index (χ2n) is 4.27. The van der Waals surface area contributed by atoms with Crippen molar-refractivity contribution in [1.82, 2.24) is 0 Å². The normalized spacial score (nSPS) is 10.2. The molecule has 0 saturated heterocycles. The lowest BCUT2D eigenvalue weighted by Gasteiger charge is -2.09. The van der Waals surface area contributed by atoms with Gasteiger partial charge in [0.1, 0.15) is 0 Å². The molecule has 108 valence electrons. The molecular weight excluding hydrogens is 338 g/mol. The number of halogens is 1. The van der Waals surface area contributed by atoms with E-state index in [0.717, 1.165) is 5.56 Å². The van der Waals surface area contributed by atoms with Gasteiger partial charge in [0.2, 0.25) is 0 Å². The van der Waals surface area contributed by atoms with Crippen LogP contribution in [0, 0.1) is 10.1 Å². The topological polar surface area (TPSA) is 98.3 Å². The Hall–Kier alpha value is -2.25. The number of para-hydroxylation sites is 1. The number of carbonyl (C=O) groups excluding carboxylic acids is 1. The number of anilines is 1. The van der Waals surface area contributed by atoms with E-state index in [2.05, 4.69) is 21.2 Å². The number of nitrogens with two attached hydrogens (primary N) is 1. The first kappa shape index (κ1) is 15.1. The second-order valence-corrected chi connectivity index (χ2v) is 5.19. The van der Waals surface area contributed by atoms with Gasteiger partial charge in [-0.05, 0) is 17.7 Å². The lowest BCUT2D eigenvalue weighted by atomic mass is 10.1. The zero-order valence-corrected chi connectivity index (χ0v) is 12.5. The molecule has 0 saturated carbocycles. The largest absolute Gasteiger partial charge is 0.326 e. The highest BCUT2D eigenvalue weighted by molar-refractivity contribution is 9.10. The van der Waals surface area contributed by atoms with Crippen LogP contribution in [0.25, 0.3) is 0 Å². The van der Waals surface area contributed by atoms with Gasteiger partial charge in [0, 0.05) is 34.4 Å². The van der Waals surface area contributed by atoms with Crippen molar-refractivity contribution < 1.29 is 9.72 Å². The monoisotopic (exact) mass is 349 g/mol. The average Bonchev–Trinajstić information content (AvgIpc) is 2.47. The van der Waals surface area contributed by atoms with Crippen LogP contribution in [-0.2, 0) is 6.54 Å². The molecule has 7 heteroatoms. The molecule has 6 nitrogen and oxygen atoms in total. The minimum atomic E-state index is -0.546. The van der Waals surface area contributed by atoms with E-state index >= 15 is 0 Å². The molecule has 2 rings (SSSR count). The number of amides is 1. The number of rotatable bonds is 4. The summed E-state index contributed by atoms with van der Waals surface area (Å²) in [4.78, 5) is 22.5. The summed E-state index contributed by atoms with van der Waals surface area (Å²) in [6.07, 6.45) is 0. The number of nitro groups is 1. The van der Waals surface area contributed by atoms with E-state index in [9.17, 15) is 14.9 Å². The molecule has 0 aliphatic rings. The molecule has 0 aliphatic carbocycles. The number of hydrogen-bond donors (Lipinski definition) is 2. The van der Waals surface area contributed by atoms with Crippen molar-refractivity contribution in [3.63, 3.8) is 0 Å². The Morgan fingerprint density at radius 1 is 1.29 bits per heavy atom. The highest BCUT2D eigenvalue weighted by Crippen LogP contribution is 2.23. The summed E-state index contributed by atoms with van der Waals surface area (Å²) >= 11 is 3.16. The van der Waals surface area contributed by atoms with Crippen molar-refractivity contribution in [2.75, 3.05) is 5.32 Å². The molecule has 0 spiro atoms. The van der Waals surface area contributed by atoms with Crippen LogP contribution >= 0.6 is 15.9 Å². The summed E-state index contributed by atoms with van der Waals surface area (Å²) in [5, 5.41) is 13.5. The van der Waals surface area contributed by atoms with Crippen LogP contribution in [-0.4, -0.2) is 10.8 Å². The molecule has 0 heterocycles. The molecule has 0 atom stereocenters. The van der Waals surface area contributed by atoms with Gasteiger partial charge in [-0.3, -0.25) is 14.9 Å². The number of carbonyl (C=O) groups is 1. The Kier molecular flexibility index (Phi) is 4.66. The third-order valence-corrected chi connectivity index (χ3v) is 3.30. The van der Waals surface area contributed by atoms with Gasteiger partial charge < -0.3 is 11.1 Å².